The summed E-state index contributed by atoms with van der Waals surface area (Å²) in [7, 11) is 0. The summed E-state index contributed by atoms with van der Waals surface area (Å²) < 4.78 is 5.49. The van der Waals surface area contributed by atoms with Crippen molar-refractivity contribution in [3.8, 4) is 5.75 Å². The Kier molecular flexibility index (Phi) is 6.49. The number of carbonyl (C=O) groups excluding carboxylic acids is 3. The van der Waals surface area contributed by atoms with Crippen LogP contribution < -0.4 is 20.7 Å². The van der Waals surface area contributed by atoms with Gasteiger partial charge in [-0.2, -0.15) is 0 Å². The molecule has 2 aromatic rings. The van der Waals surface area contributed by atoms with E-state index in [0.717, 1.165) is 11.1 Å². The second-order valence-corrected chi connectivity index (χ2v) is 7.44. The summed E-state index contributed by atoms with van der Waals surface area (Å²) in [4.78, 5) is 36.0. The molecule has 154 valence electrons. The number of nitrogens with one attached hydrogen (secondary N) is 3. The Labute approximate surface area is 183 Å². The maximum atomic E-state index is 12.1. The predicted octanol–water partition coefficient (Wildman–Crippen LogP) is 2.89. The standard InChI is InChI=1S/C21H18ClN3O4S/c1-11-3-5-14(7-12(11)2)23-18(26)10-29-17-6-4-13(9-16(17)22)8-15-19(27)24-21(30)25-20(15)28/h3-9H,10H2,1-2H3,(H,23,26)(H2,24,25,27,28,30). The number of halogens is 1. The van der Waals surface area contributed by atoms with E-state index in [1.165, 1.54) is 12.1 Å². The van der Waals surface area contributed by atoms with Gasteiger partial charge in [0.05, 0.1) is 5.02 Å². The highest BCUT2D eigenvalue weighted by Gasteiger charge is 2.25. The topological polar surface area (TPSA) is 96.5 Å². The molecule has 0 aromatic heterocycles. The van der Waals surface area contributed by atoms with Crippen molar-refractivity contribution in [3.63, 3.8) is 0 Å². The van der Waals surface area contributed by atoms with Crippen LogP contribution in [0.5, 0.6) is 5.75 Å². The Balaban J connectivity index is 1.64. The van der Waals surface area contributed by atoms with Gasteiger partial charge in [-0.3, -0.25) is 25.0 Å². The number of hydrogen-bond donors (Lipinski definition) is 3. The molecule has 1 aliphatic rings. The van der Waals surface area contributed by atoms with Crippen LogP contribution >= 0.6 is 23.8 Å². The molecule has 30 heavy (non-hydrogen) atoms. The number of carbonyl (C=O) groups is 3. The lowest BCUT2D eigenvalue weighted by Crippen LogP contribution is -2.51. The highest BCUT2D eigenvalue weighted by atomic mass is 35.5. The number of anilines is 1. The lowest BCUT2D eigenvalue weighted by molar-refractivity contribution is -0.123. The summed E-state index contributed by atoms with van der Waals surface area (Å²) in [6.45, 7) is 3.73. The Hall–Kier alpha value is -3.23. The van der Waals surface area contributed by atoms with Gasteiger partial charge in [0.25, 0.3) is 17.7 Å². The quantitative estimate of drug-likeness (QED) is 0.375. The molecule has 0 unspecified atom stereocenters. The number of amides is 3. The summed E-state index contributed by atoms with van der Waals surface area (Å²) in [5, 5.41) is 7.67. The smallest absolute Gasteiger partial charge is 0.263 e. The first-order chi connectivity index (χ1) is 14.2. The van der Waals surface area contributed by atoms with Crippen LogP contribution in [0.2, 0.25) is 5.02 Å². The number of rotatable bonds is 5. The highest BCUT2D eigenvalue weighted by molar-refractivity contribution is 7.80. The Bertz CT molecular complexity index is 1080. The van der Waals surface area contributed by atoms with Gasteiger partial charge in [-0.1, -0.05) is 23.7 Å². The molecule has 0 atom stereocenters. The minimum absolute atomic E-state index is 0.0389. The second kappa shape index (κ2) is 9.06. The average molecular weight is 444 g/mol. The Morgan fingerprint density at radius 2 is 1.80 bits per heavy atom. The first kappa shape index (κ1) is 21.5. The molecule has 0 saturated carbocycles. The SMILES string of the molecule is Cc1ccc(NC(=O)COc2ccc(C=C3C(=O)NC(=S)NC3=O)cc2Cl)cc1C. The molecule has 1 heterocycles. The van der Waals surface area contributed by atoms with Gasteiger partial charge in [-0.25, -0.2) is 0 Å². The maximum Gasteiger partial charge on any atom is 0.263 e. The van der Waals surface area contributed by atoms with Crippen LogP contribution in [-0.2, 0) is 14.4 Å². The van der Waals surface area contributed by atoms with Crippen molar-refractivity contribution in [2.45, 2.75) is 13.8 Å². The molecule has 0 bridgehead atoms. The van der Waals surface area contributed by atoms with Gasteiger partial charge in [-0.05, 0) is 73.1 Å². The Morgan fingerprint density at radius 3 is 2.43 bits per heavy atom. The fourth-order valence-electron chi connectivity index (χ4n) is 2.66. The van der Waals surface area contributed by atoms with Crippen LogP contribution in [0, 0.1) is 13.8 Å². The second-order valence-electron chi connectivity index (χ2n) is 6.62. The fourth-order valence-corrected chi connectivity index (χ4v) is 3.09. The van der Waals surface area contributed by atoms with Crippen molar-refractivity contribution in [1.82, 2.24) is 10.6 Å². The molecule has 1 aliphatic heterocycles. The minimum atomic E-state index is -0.594. The number of ether oxygens (including phenoxy) is 1. The third-order valence-corrected chi connectivity index (χ3v) is 4.86. The average Bonchev–Trinajstić information content (AvgIpc) is 2.67. The predicted molar refractivity (Wildman–Crippen MR) is 118 cm³/mol. The zero-order chi connectivity index (χ0) is 21.8. The van der Waals surface area contributed by atoms with Gasteiger partial charge in [-0.15, -0.1) is 0 Å². The highest BCUT2D eigenvalue weighted by Crippen LogP contribution is 2.27. The van der Waals surface area contributed by atoms with Gasteiger partial charge in [0.15, 0.2) is 11.7 Å². The van der Waals surface area contributed by atoms with Crippen LogP contribution in [0.25, 0.3) is 6.08 Å². The first-order valence-corrected chi connectivity index (χ1v) is 9.69. The minimum Gasteiger partial charge on any atom is -0.482 e. The number of benzene rings is 2. The van der Waals surface area contributed by atoms with E-state index in [-0.39, 0.29) is 28.2 Å². The molecule has 1 saturated heterocycles. The van der Waals surface area contributed by atoms with Gasteiger partial charge in [0, 0.05) is 5.69 Å². The van der Waals surface area contributed by atoms with Gasteiger partial charge in [0.1, 0.15) is 11.3 Å². The number of thiocarbonyl (C=S) groups is 1. The van der Waals surface area contributed by atoms with Gasteiger partial charge < -0.3 is 10.1 Å². The lowest BCUT2D eigenvalue weighted by Gasteiger charge is -2.16. The molecule has 0 spiro atoms. The van der Waals surface area contributed by atoms with Crippen LogP contribution in [0.15, 0.2) is 42.0 Å². The van der Waals surface area contributed by atoms with Crippen LogP contribution in [0.1, 0.15) is 16.7 Å². The van der Waals surface area contributed by atoms with E-state index in [4.69, 9.17) is 28.6 Å². The summed E-state index contributed by atoms with van der Waals surface area (Å²) >= 11 is 11.0. The van der Waals surface area contributed by atoms with E-state index in [1.807, 2.05) is 32.0 Å². The van der Waals surface area contributed by atoms with Crippen molar-refractivity contribution in [2.24, 2.45) is 0 Å². The maximum absolute atomic E-state index is 12.1. The normalized spacial score (nSPS) is 13.4. The van der Waals surface area contributed by atoms with Crippen molar-refractivity contribution in [1.29, 1.82) is 0 Å². The molecule has 0 aliphatic carbocycles. The molecule has 3 amide bonds. The van der Waals surface area contributed by atoms with E-state index in [2.05, 4.69) is 16.0 Å². The van der Waals surface area contributed by atoms with Crippen LogP contribution in [-0.4, -0.2) is 29.4 Å². The summed E-state index contributed by atoms with van der Waals surface area (Å²) in [5.74, 6) is -1.22. The largest absolute Gasteiger partial charge is 0.482 e. The number of hydrogen-bond acceptors (Lipinski definition) is 5. The summed E-state index contributed by atoms with van der Waals surface area (Å²) in [6.07, 6.45) is 1.38. The van der Waals surface area contributed by atoms with E-state index in [0.29, 0.717) is 17.0 Å². The monoisotopic (exact) mass is 443 g/mol. The third kappa shape index (κ3) is 5.22. The lowest BCUT2D eigenvalue weighted by atomic mass is 10.1. The van der Waals surface area contributed by atoms with Gasteiger partial charge in [0.2, 0.25) is 0 Å². The molecule has 3 N–H and O–H groups in total. The van der Waals surface area contributed by atoms with E-state index in [1.54, 1.807) is 12.1 Å². The molecule has 3 rings (SSSR count). The van der Waals surface area contributed by atoms with Crippen molar-refractivity contribution < 1.29 is 19.1 Å². The van der Waals surface area contributed by atoms with Crippen molar-refractivity contribution in [2.75, 3.05) is 11.9 Å². The van der Waals surface area contributed by atoms with Crippen molar-refractivity contribution >= 4 is 58.4 Å². The first-order valence-electron chi connectivity index (χ1n) is 8.91. The molecule has 9 heteroatoms. The molecule has 0 radical (unpaired) electrons. The zero-order valence-corrected chi connectivity index (χ0v) is 17.7. The van der Waals surface area contributed by atoms with E-state index < -0.39 is 11.8 Å². The third-order valence-electron chi connectivity index (χ3n) is 4.36. The van der Waals surface area contributed by atoms with Crippen molar-refractivity contribution in [3.05, 3.63) is 63.7 Å². The van der Waals surface area contributed by atoms with Gasteiger partial charge >= 0.3 is 0 Å². The van der Waals surface area contributed by atoms with E-state index in [9.17, 15) is 14.4 Å². The van der Waals surface area contributed by atoms with Crippen LogP contribution in [0.3, 0.4) is 0 Å². The van der Waals surface area contributed by atoms with E-state index >= 15 is 0 Å². The molecular weight excluding hydrogens is 426 g/mol. The molecule has 2 aromatic carbocycles. The summed E-state index contributed by atoms with van der Waals surface area (Å²) in [5.41, 5.74) is 3.31. The Morgan fingerprint density at radius 1 is 1.10 bits per heavy atom. The molecule has 7 nitrogen and oxygen atoms in total. The van der Waals surface area contributed by atoms with Crippen LogP contribution in [0.4, 0.5) is 5.69 Å². The molecule has 1 fully saturated rings. The number of aryl methyl sites for hydroxylation is 2. The molecular formula is C21H18ClN3O4S. The fraction of sp³-hybridized carbons (Fsp3) is 0.143. The summed E-state index contributed by atoms with van der Waals surface area (Å²) in [6, 6.07) is 10.3. The zero-order valence-electron chi connectivity index (χ0n) is 16.2.